The Labute approximate surface area is 132 Å². The Morgan fingerprint density at radius 2 is 1.91 bits per heavy atom. The van der Waals surface area contributed by atoms with Gasteiger partial charge in [-0.05, 0) is 26.3 Å². The van der Waals surface area contributed by atoms with Crippen LogP contribution >= 0.6 is 11.8 Å². The van der Waals surface area contributed by atoms with Crippen LogP contribution in [-0.2, 0) is 14.3 Å². The zero-order valence-electron chi connectivity index (χ0n) is 12.9. The number of anilines is 1. The highest BCUT2D eigenvalue weighted by molar-refractivity contribution is 8.00. The van der Waals surface area contributed by atoms with Crippen molar-refractivity contribution in [2.45, 2.75) is 50.4 Å². The molecule has 1 N–H and O–H groups in total. The first-order chi connectivity index (χ1) is 10.2. The Balaban J connectivity index is 2.88. The Kier molecular flexibility index (Phi) is 6.80. The Hall–Kier alpha value is -1.63. The number of halogens is 2. The van der Waals surface area contributed by atoms with Crippen LogP contribution in [0, 0.1) is 11.6 Å². The van der Waals surface area contributed by atoms with Gasteiger partial charge in [-0.2, -0.15) is 0 Å². The Bertz CT molecular complexity index is 566. The molecule has 0 saturated heterocycles. The number of thioether (sulfide) groups is 1. The molecule has 1 aromatic rings. The molecule has 0 radical (unpaired) electrons. The van der Waals surface area contributed by atoms with Crippen LogP contribution in [0.4, 0.5) is 14.5 Å². The van der Waals surface area contributed by atoms with E-state index in [0.29, 0.717) is 12.5 Å². The number of hydrogen-bond acceptors (Lipinski definition) is 4. The predicted octanol–water partition coefficient (Wildman–Crippen LogP) is 3.75. The molecular formula is C15H19F2NO3S. The number of amides is 1. The van der Waals surface area contributed by atoms with Gasteiger partial charge in [0.2, 0.25) is 5.91 Å². The van der Waals surface area contributed by atoms with Crippen molar-refractivity contribution in [1.82, 2.24) is 0 Å². The minimum absolute atomic E-state index is 0.0683. The van der Waals surface area contributed by atoms with Gasteiger partial charge in [0, 0.05) is 17.9 Å². The molecule has 0 fully saturated rings. The fourth-order valence-electron chi connectivity index (χ4n) is 1.52. The van der Waals surface area contributed by atoms with Crippen LogP contribution < -0.4 is 5.32 Å². The van der Waals surface area contributed by atoms with Crippen LogP contribution in [-0.4, -0.2) is 23.2 Å². The first-order valence-electron chi connectivity index (χ1n) is 6.88. The largest absolute Gasteiger partial charge is 0.462 e. The van der Waals surface area contributed by atoms with Crippen molar-refractivity contribution in [1.29, 1.82) is 0 Å². The molecule has 1 aromatic carbocycles. The minimum Gasteiger partial charge on any atom is -0.462 e. The second-order valence-corrected chi connectivity index (χ2v) is 6.24. The van der Waals surface area contributed by atoms with E-state index in [1.54, 1.807) is 13.8 Å². The lowest BCUT2D eigenvalue weighted by Gasteiger charge is -2.16. The molecule has 0 aliphatic carbocycles. The maximum absolute atomic E-state index is 13.8. The smallest absolute Gasteiger partial charge is 0.319 e. The Morgan fingerprint density at radius 3 is 2.45 bits per heavy atom. The molecule has 0 saturated carbocycles. The highest BCUT2D eigenvalue weighted by atomic mass is 32.2. The van der Waals surface area contributed by atoms with Gasteiger partial charge < -0.3 is 10.1 Å². The van der Waals surface area contributed by atoms with Gasteiger partial charge in [0.15, 0.2) is 0 Å². The van der Waals surface area contributed by atoms with Gasteiger partial charge in [0.05, 0.1) is 11.8 Å². The van der Waals surface area contributed by atoms with Crippen LogP contribution in [0.5, 0.6) is 0 Å². The van der Waals surface area contributed by atoms with E-state index in [-0.39, 0.29) is 16.7 Å². The summed E-state index contributed by atoms with van der Waals surface area (Å²) in [5, 5.41) is 1.62. The number of esters is 1. The number of ether oxygens (including phenoxy) is 1. The molecule has 0 aliphatic rings. The zero-order valence-corrected chi connectivity index (χ0v) is 13.7. The lowest BCUT2D eigenvalue weighted by Crippen LogP contribution is -2.22. The first kappa shape index (κ1) is 18.4. The summed E-state index contributed by atoms with van der Waals surface area (Å²) in [4.78, 5) is 22.9. The van der Waals surface area contributed by atoms with Crippen molar-refractivity contribution in [3.8, 4) is 0 Å². The minimum atomic E-state index is -0.869. The van der Waals surface area contributed by atoms with Gasteiger partial charge in [-0.15, -0.1) is 11.8 Å². The summed E-state index contributed by atoms with van der Waals surface area (Å²) < 4.78 is 32.5. The van der Waals surface area contributed by atoms with Gasteiger partial charge in [0.25, 0.3) is 0 Å². The molecule has 2 unspecified atom stereocenters. The maximum atomic E-state index is 13.8. The molecule has 122 valence electrons. The summed E-state index contributed by atoms with van der Waals surface area (Å²) in [7, 11) is 0. The lowest BCUT2D eigenvalue weighted by atomic mass is 10.3. The Morgan fingerprint density at radius 1 is 1.27 bits per heavy atom. The van der Waals surface area contributed by atoms with E-state index in [0.717, 1.165) is 11.8 Å². The molecule has 2 atom stereocenters. The number of carbonyl (C=O) groups excluding carboxylic acids is 2. The fraction of sp³-hybridized carbons (Fsp3) is 0.467. The molecule has 4 nitrogen and oxygen atoms in total. The summed E-state index contributed by atoms with van der Waals surface area (Å²) in [6, 6.07) is 1.85. The van der Waals surface area contributed by atoms with Gasteiger partial charge in [-0.3, -0.25) is 9.59 Å². The topological polar surface area (TPSA) is 55.4 Å². The van der Waals surface area contributed by atoms with E-state index in [9.17, 15) is 18.4 Å². The highest BCUT2D eigenvalue weighted by Gasteiger charge is 2.21. The molecule has 7 heteroatoms. The summed E-state index contributed by atoms with van der Waals surface area (Å²) in [5.41, 5.74) is -0.126. The molecule has 0 heterocycles. The summed E-state index contributed by atoms with van der Waals surface area (Å²) >= 11 is 0.913. The number of nitrogens with one attached hydrogen (secondary N) is 1. The van der Waals surface area contributed by atoms with E-state index in [1.807, 2.05) is 6.92 Å². The first-order valence-corrected chi connectivity index (χ1v) is 7.76. The van der Waals surface area contributed by atoms with Gasteiger partial charge in [-0.25, -0.2) is 8.78 Å². The van der Waals surface area contributed by atoms with E-state index >= 15 is 0 Å². The molecule has 1 amide bonds. The summed E-state index contributed by atoms with van der Waals surface area (Å²) in [5.74, 6) is -2.60. The molecule has 0 bridgehead atoms. The second kappa shape index (κ2) is 8.12. The molecule has 0 aliphatic heterocycles. The summed E-state index contributed by atoms with van der Waals surface area (Å²) in [6.45, 7) is 6.45. The summed E-state index contributed by atoms with van der Waals surface area (Å²) in [6.07, 6.45) is 0.462. The van der Waals surface area contributed by atoms with E-state index in [1.165, 1.54) is 13.0 Å². The zero-order chi connectivity index (χ0) is 16.9. The highest BCUT2D eigenvalue weighted by Crippen LogP contribution is 2.31. The number of rotatable bonds is 6. The van der Waals surface area contributed by atoms with Crippen molar-refractivity contribution in [3.63, 3.8) is 0 Å². The van der Waals surface area contributed by atoms with Crippen molar-refractivity contribution < 1.29 is 23.1 Å². The lowest BCUT2D eigenvalue weighted by molar-refractivity contribution is -0.147. The van der Waals surface area contributed by atoms with Crippen LogP contribution in [0.2, 0.25) is 0 Å². The van der Waals surface area contributed by atoms with Gasteiger partial charge >= 0.3 is 5.97 Å². The predicted molar refractivity (Wildman–Crippen MR) is 81.8 cm³/mol. The average molecular weight is 331 g/mol. The van der Waals surface area contributed by atoms with Crippen LogP contribution in [0.15, 0.2) is 17.0 Å². The third-order valence-corrected chi connectivity index (χ3v) is 3.97. The van der Waals surface area contributed by atoms with E-state index in [4.69, 9.17) is 4.74 Å². The fourth-order valence-corrected chi connectivity index (χ4v) is 2.41. The molecule has 0 spiro atoms. The monoisotopic (exact) mass is 331 g/mol. The number of carbonyl (C=O) groups is 2. The van der Waals surface area contributed by atoms with Crippen molar-refractivity contribution >= 4 is 29.3 Å². The SMILES string of the molecule is CCC(C)OC(=O)C(C)Sc1cc(NC(C)=O)c(F)cc1F. The van der Waals surface area contributed by atoms with E-state index in [2.05, 4.69) is 5.32 Å². The van der Waals surface area contributed by atoms with Crippen LogP contribution in [0.3, 0.4) is 0 Å². The quantitative estimate of drug-likeness (QED) is 0.637. The molecular weight excluding hydrogens is 312 g/mol. The number of benzene rings is 1. The maximum Gasteiger partial charge on any atom is 0.319 e. The number of hydrogen-bond donors (Lipinski definition) is 1. The average Bonchev–Trinajstić information content (AvgIpc) is 2.43. The van der Waals surface area contributed by atoms with E-state index < -0.39 is 28.8 Å². The third-order valence-electron chi connectivity index (χ3n) is 2.86. The normalized spacial score (nSPS) is 13.4. The van der Waals surface area contributed by atoms with Gasteiger partial charge in [0.1, 0.15) is 16.9 Å². The van der Waals surface area contributed by atoms with Crippen molar-refractivity contribution in [3.05, 3.63) is 23.8 Å². The van der Waals surface area contributed by atoms with Crippen molar-refractivity contribution in [2.24, 2.45) is 0 Å². The van der Waals surface area contributed by atoms with Crippen LogP contribution in [0.1, 0.15) is 34.1 Å². The standard InChI is InChI=1S/C15H19F2NO3S/c1-5-8(2)21-15(20)9(3)22-14-7-13(18-10(4)19)11(16)6-12(14)17/h6-9H,5H2,1-4H3,(H,18,19). The van der Waals surface area contributed by atoms with Gasteiger partial charge in [-0.1, -0.05) is 6.92 Å². The molecule has 0 aromatic heterocycles. The van der Waals surface area contributed by atoms with Crippen molar-refractivity contribution in [2.75, 3.05) is 5.32 Å². The molecule has 1 rings (SSSR count). The third kappa shape index (κ3) is 5.29. The second-order valence-electron chi connectivity index (χ2n) is 4.86. The molecule has 22 heavy (non-hydrogen) atoms. The van der Waals surface area contributed by atoms with Crippen LogP contribution in [0.25, 0.3) is 0 Å².